The lowest BCUT2D eigenvalue weighted by Gasteiger charge is -2.14. The summed E-state index contributed by atoms with van der Waals surface area (Å²) in [4.78, 5) is 23.7. The van der Waals surface area contributed by atoms with Gasteiger partial charge in [-0.3, -0.25) is 4.31 Å². The number of hydrogen-bond acceptors (Lipinski definition) is 4. The maximum atomic E-state index is 11.5. The molecule has 5 nitrogen and oxygen atoms in total. The number of benzene rings is 1. The van der Waals surface area contributed by atoms with Crippen molar-refractivity contribution in [1.29, 1.82) is 0 Å². The lowest BCUT2D eigenvalue weighted by molar-refractivity contribution is 0.0596. The number of carbonyl (C=O) groups excluding carboxylic acids is 2. The zero-order valence-corrected chi connectivity index (χ0v) is 10.1. The Balaban J connectivity index is 2.20. The monoisotopic (exact) mass is 252 g/mol. The van der Waals surface area contributed by atoms with Crippen molar-refractivity contribution in [2.75, 3.05) is 20.2 Å². The highest BCUT2D eigenvalue weighted by Gasteiger charge is 2.23. The van der Waals surface area contributed by atoms with Gasteiger partial charge in [0.1, 0.15) is 0 Å². The predicted molar refractivity (Wildman–Crippen MR) is 63.7 cm³/mol. The van der Waals surface area contributed by atoms with Gasteiger partial charge in [-0.05, 0) is 24.1 Å². The fraction of sp³-hybridized carbons (Fsp3) is 0.273. The third kappa shape index (κ3) is 2.52. The van der Waals surface area contributed by atoms with Crippen molar-refractivity contribution in [2.45, 2.75) is 4.90 Å². The lowest BCUT2D eigenvalue weighted by Crippen LogP contribution is -2.22. The van der Waals surface area contributed by atoms with Gasteiger partial charge in [-0.1, -0.05) is 12.1 Å². The maximum absolute atomic E-state index is 11.5. The Labute approximate surface area is 103 Å². The first-order valence-corrected chi connectivity index (χ1v) is 5.90. The van der Waals surface area contributed by atoms with Crippen LogP contribution >= 0.6 is 11.9 Å². The molecule has 1 saturated heterocycles. The number of carbonyl (C=O) groups is 2. The average Bonchev–Trinajstić information content (AvgIpc) is 2.75. The topological polar surface area (TPSA) is 58.6 Å². The second kappa shape index (κ2) is 5.09. The Morgan fingerprint density at radius 3 is 2.88 bits per heavy atom. The summed E-state index contributed by atoms with van der Waals surface area (Å²) < 4.78 is 6.28. The molecule has 1 aliphatic heterocycles. The van der Waals surface area contributed by atoms with Gasteiger partial charge in [0.15, 0.2) is 0 Å². The lowest BCUT2D eigenvalue weighted by atomic mass is 10.2. The smallest absolute Gasteiger partial charge is 0.339 e. The zero-order valence-electron chi connectivity index (χ0n) is 9.30. The molecule has 1 aromatic rings. The number of hydrogen-bond donors (Lipinski definition) is 1. The molecule has 0 spiro atoms. The summed E-state index contributed by atoms with van der Waals surface area (Å²) in [6.07, 6.45) is 0. The van der Waals surface area contributed by atoms with Gasteiger partial charge >= 0.3 is 12.0 Å². The van der Waals surface area contributed by atoms with Crippen molar-refractivity contribution in [2.24, 2.45) is 0 Å². The molecule has 0 aromatic heterocycles. The quantitative estimate of drug-likeness (QED) is 0.654. The normalized spacial score (nSPS) is 14.6. The van der Waals surface area contributed by atoms with Gasteiger partial charge in [0.05, 0.1) is 19.2 Å². The number of amides is 2. The Hall–Kier alpha value is -1.69. The summed E-state index contributed by atoms with van der Waals surface area (Å²) in [6, 6.07) is 6.93. The fourth-order valence-electron chi connectivity index (χ4n) is 1.48. The molecule has 2 amide bonds. The molecule has 1 N–H and O–H groups in total. The van der Waals surface area contributed by atoms with E-state index >= 15 is 0 Å². The molecule has 0 atom stereocenters. The predicted octanol–water partition coefficient (Wildman–Crippen LogP) is 1.51. The molecule has 0 aliphatic carbocycles. The SMILES string of the molecule is COC(=O)c1ccccc1SN1CCNC1=O. The minimum atomic E-state index is -0.396. The molecule has 2 rings (SSSR count). The van der Waals surface area contributed by atoms with E-state index < -0.39 is 5.97 Å². The summed E-state index contributed by atoms with van der Waals surface area (Å²) in [5, 5.41) is 2.70. The van der Waals surface area contributed by atoms with E-state index in [2.05, 4.69) is 5.32 Å². The van der Waals surface area contributed by atoms with E-state index in [-0.39, 0.29) is 6.03 Å². The van der Waals surface area contributed by atoms with Gasteiger partial charge in [-0.25, -0.2) is 9.59 Å². The third-order valence-corrected chi connectivity index (χ3v) is 3.44. The molecule has 1 heterocycles. The molecule has 0 unspecified atom stereocenters. The van der Waals surface area contributed by atoms with E-state index in [0.717, 1.165) is 4.90 Å². The first kappa shape index (κ1) is 11.8. The number of esters is 1. The van der Waals surface area contributed by atoms with E-state index in [9.17, 15) is 9.59 Å². The van der Waals surface area contributed by atoms with Gasteiger partial charge in [0.25, 0.3) is 0 Å². The van der Waals surface area contributed by atoms with Gasteiger partial charge in [0.2, 0.25) is 0 Å². The number of nitrogens with zero attached hydrogens (tertiary/aromatic N) is 1. The van der Waals surface area contributed by atoms with Crippen LogP contribution in [0, 0.1) is 0 Å². The maximum Gasteiger partial charge on any atom is 0.339 e. The van der Waals surface area contributed by atoms with Crippen LogP contribution in [-0.4, -0.2) is 36.5 Å². The zero-order chi connectivity index (χ0) is 12.3. The molecule has 17 heavy (non-hydrogen) atoms. The Bertz CT molecular complexity index is 450. The van der Waals surface area contributed by atoms with Crippen LogP contribution in [0.15, 0.2) is 29.2 Å². The van der Waals surface area contributed by atoms with E-state index in [1.807, 2.05) is 6.07 Å². The first-order valence-electron chi connectivity index (χ1n) is 5.13. The number of nitrogens with one attached hydrogen (secondary N) is 1. The number of urea groups is 1. The average molecular weight is 252 g/mol. The Morgan fingerprint density at radius 2 is 2.24 bits per heavy atom. The molecule has 6 heteroatoms. The Morgan fingerprint density at radius 1 is 1.47 bits per heavy atom. The van der Waals surface area contributed by atoms with E-state index in [1.54, 1.807) is 22.5 Å². The molecular weight excluding hydrogens is 240 g/mol. The first-order chi connectivity index (χ1) is 8.22. The van der Waals surface area contributed by atoms with Crippen LogP contribution in [0.4, 0.5) is 4.79 Å². The summed E-state index contributed by atoms with van der Waals surface area (Å²) >= 11 is 1.25. The fourth-order valence-corrected chi connectivity index (χ4v) is 2.44. The van der Waals surface area contributed by atoms with Crippen LogP contribution in [0.25, 0.3) is 0 Å². The highest BCUT2D eigenvalue weighted by molar-refractivity contribution is 7.97. The van der Waals surface area contributed by atoms with Crippen molar-refractivity contribution in [3.63, 3.8) is 0 Å². The van der Waals surface area contributed by atoms with Crippen LogP contribution in [0.1, 0.15) is 10.4 Å². The molecule has 1 aliphatic rings. The number of rotatable bonds is 3. The standard InChI is InChI=1S/C11H12N2O3S/c1-16-10(14)8-4-2-3-5-9(8)17-13-7-6-12-11(13)15/h2-5H,6-7H2,1H3,(H,12,15). The third-order valence-electron chi connectivity index (χ3n) is 2.32. The largest absolute Gasteiger partial charge is 0.465 e. The van der Waals surface area contributed by atoms with Crippen molar-refractivity contribution in [3.8, 4) is 0 Å². The second-order valence-electron chi connectivity index (χ2n) is 3.41. The summed E-state index contributed by atoms with van der Waals surface area (Å²) in [5.41, 5.74) is 0.472. The van der Waals surface area contributed by atoms with Crippen molar-refractivity contribution >= 4 is 23.9 Å². The van der Waals surface area contributed by atoms with Gasteiger partial charge < -0.3 is 10.1 Å². The van der Waals surface area contributed by atoms with Gasteiger partial charge in [0, 0.05) is 11.4 Å². The Kier molecular flexibility index (Phi) is 3.53. The molecule has 0 radical (unpaired) electrons. The van der Waals surface area contributed by atoms with Crippen molar-refractivity contribution in [1.82, 2.24) is 9.62 Å². The highest BCUT2D eigenvalue weighted by atomic mass is 32.2. The number of ether oxygens (including phenoxy) is 1. The minimum Gasteiger partial charge on any atom is -0.465 e. The van der Waals surface area contributed by atoms with Gasteiger partial charge in [-0.15, -0.1) is 0 Å². The minimum absolute atomic E-state index is 0.130. The molecular formula is C11H12N2O3S. The van der Waals surface area contributed by atoms with Crippen molar-refractivity contribution in [3.05, 3.63) is 29.8 Å². The summed E-state index contributed by atoms with van der Waals surface area (Å²) in [7, 11) is 1.34. The molecule has 0 bridgehead atoms. The number of methoxy groups -OCH3 is 1. The van der Waals surface area contributed by atoms with Gasteiger partial charge in [-0.2, -0.15) is 0 Å². The van der Waals surface area contributed by atoms with Crippen LogP contribution in [0.5, 0.6) is 0 Å². The summed E-state index contributed by atoms with van der Waals surface area (Å²) in [5.74, 6) is -0.396. The summed E-state index contributed by atoms with van der Waals surface area (Å²) in [6.45, 7) is 1.26. The van der Waals surface area contributed by atoms with Crippen LogP contribution in [0.2, 0.25) is 0 Å². The van der Waals surface area contributed by atoms with E-state index in [4.69, 9.17) is 4.74 Å². The van der Waals surface area contributed by atoms with Crippen LogP contribution in [-0.2, 0) is 4.74 Å². The molecule has 0 saturated carbocycles. The molecule has 1 aromatic carbocycles. The van der Waals surface area contributed by atoms with E-state index in [0.29, 0.717) is 18.7 Å². The second-order valence-corrected chi connectivity index (χ2v) is 4.48. The van der Waals surface area contributed by atoms with E-state index in [1.165, 1.54) is 19.1 Å². The van der Waals surface area contributed by atoms with Crippen LogP contribution < -0.4 is 5.32 Å². The van der Waals surface area contributed by atoms with Crippen LogP contribution in [0.3, 0.4) is 0 Å². The molecule has 1 fully saturated rings. The highest BCUT2D eigenvalue weighted by Crippen LogP contribution is 2.27. The van der Waals surface area contributed by atoms with Crippen molar-refractivity contribution < 1.29 is 14.3 Å². The molecule has 90 valence electrons.